The van der Waals surface area contributed by atoms with Gasteiger partial charge in [-0.05, 0) is 57.4 Å². The van der Waals surface area contributed by atoms with E-state index >= 15 is 0 Å². The van der Waals surface area contributed by atoms with Crippen molar-refractivity contribution >= 4 is 5.52 Å². The van der Waals surface area contributed by atoms with E-state index in [4.69, 9.17) is 5.73 Å². The van der Waals surface area contributed by atoms with Crippen LogP contribution in [0.15, 0.2) is 30.5 Å². The van der Waals surface area contributed by atoms with Crippen molar-refractivity contribution in [2.24, 2.45) is 5.73 Å². The highest BCUT2D eigenvalue weighted by atomic mass is 14.9. The van der Waals surface area contributed by atoms with E-state index in [-0.39, 0.29) is 5.54 Å². The molecule has 0 spiro atoms. The molecule has 0 aliphatic carbocycles. The monoisotopic (exact) mass is 216 g/mol. The van der Waals surface area contributed by atoms with E-state index < -0.39 is 0 Å². The average Bonchev–Trinajstić information content (AvgIpc) is 2.49. The molecule has 2 N–H and O–H groups in total. The maximum atomic E-state index is 6.04. The summed E-state index contributed by atoms with van der Waals surface area (Å²) >= 11 is 0. The molecule has 0 aromatic carbocycles. The van der Waals surface area contributed by atoms with Crippen molar-refractivity contribution in [3.05, 3.63) is 41.7 Å². The van der Waals surface area contributed by atoms with E-state index in [1.807, 2.05) is 0 Å². The minimum atomic E-state index is -0.0919. The van der Waals surface area contributed by atoms with Crippen LogP contribution in [0.25, 0.3) is 5.52 Å². The molecule has 16 heavy (non-hydrogen) atoms. The third kappa shape index (κ3) is 2.27. The predicted molar refractivity (Wildman–Crippen MR) is 68.7 cm³/mol. The van der Waals surface area contributed by atoms with Crippen molar-refractivity contribution in [3.63, 3.8) is 0 Å². The Morgan fingerprint density at radius 3 is 2.75 bits per heavy atom. The summed E-state index contributed by atoms with van der Waals surface area (Å²) in [5.74, 6) is 0. The molecule has 2 rings (SSSR count). The molecule has 2 heteroatoms. The van der Waals surface area contributed by atoms with Crippen LogP contribution in [0.3, 0.4) is 0 Å². The van der Waals surface area contributed by atoms with E-state index in [0.717, 1.165) is 12.8 Å². The zero-order chi connectivity index (χ0) is 11.8. The fourth-order valence-electron chi connectivity index (χ4n) is 2.07. The molecular formula is C14H20N2. The minimum Gasteiger partial charge on any atom is -0.326 e. The highest BCUT2D eigenvalue weighted by molar-refractivity contribution is 5.53. The summed E-state index contributed by atoms with van der Waals surface area (Å²) < 4.78 is 2.26. The van der Waals surface area contributed by atoms with E-state index in [0.29, 0.717) is 0 Å². The van der Waals surface area contributed by atoms with Crippen LogP contribution in [0.5, 0.6) is 0 Å². The van der Waals surface area contributed by atoms with Crippen LogP contribution in [0.4, 0.5) is 0 Å². The van der Waals surface area contributed by atoms with E-state index in [9.17, 15) is 0 Å². The van der Waals surface area contributed by atoms with Gasteiger partial charge in [0.05, 0.1) is 0 Å². The van der Waals surface area contributed by atoms with Crippen LogP contribution >= 0.6 is 0 Å². The number of hydrogen-bond acceptors (Lipinski definition) is 1. The van der Waals surface area contributed by atoms with Gasteiger partial charge in [0.2, 0.25) is 0 Å². The van der Waals surface area contributed by atoms with Gasteiger partial charge in [0.1, 0.15) is 0 Å². The first-order chi connectivity index (χ1) is 7.47. The summed E-state index contributed by atoms with van der Waals surface area (Å²) in [6.45, 7) is 6.34. The highest BCUT2D eigenvalue weighted by Crippen LogP contribution is 2.19. The third-order valence-electron chi connectivity index (χ3n) is 3.01. The topological polar surface area (TPSA) is 30.4 Å². The number of aromatic nitrogens is 1. The van der Waals surface area contributed by atoms with Gasteiger partial charge in [0, 0.05) is 22.9 Å². The number of aryl methyl sites for hydroxylation is 2. The van der Waals surface area contributed by atoms with E-state index in [1.165, 1.54) is 16.8 Å². The van der Waals surface area contributed by atoms with Crippen LogP contribution in [0.1, 0.15) is 31.5 Å². The van der Waals surface area contributed by atoms with Gasteiger partial charge < -0.3 is 10.1 Å². The fourth-order valence-corrected chi connectivity index (χ4v) is 2.07. The second-order valence-electron chi connectivity index (χ2n) is 5.26. The Bertz CT molecular complexity index is 489. The first kappa shape index (κ1) is 11.2. The standard InChI is InChI=1S/C14H20N2/c1-11-10-12-6-4-5-9-16(12)13(11)7-8-14(2,3)15/h4-6,9-10H,7-8,15H2,1-3H3. The Morgan fingerprint density at radius 2 is 2.06 bits per heavy atom. The lowest BCUT2D eigenvalue weighted by Crippen LogP contribution is -2.32. The van der Waals surface area contributed by atoms with Crippen molar-refractivity contribution in [3.8, 4) is 0 Å². The van der Waals surface area contributed by atoms with Gasteiger partial charge in [0.25, 0.3) is 0 Å². The van der Waals surface area contributed by atoms with Crippen molar-refractivity contribution in [1.82, 2.24) is 4.40 Å². The second kappa shape index (κ2) is 3.95. The Morgan fingerprint density at radius 1 is 1.31 bits per heavy atom. The van der Waals surface area contributed by atoms with Gasteiger partial charge in [-0.15, -0.1) is 0 Å². The van der Waals surface area contributed by atoms with Gasteiger partial charge in [-0.2, -0.15) is 0 Å². The molecule has 2 heterocycles. The van der Waals surface area contributed by atoms with Gasteiger partial charge in [-0.1, -0.05) is 6.07 Å². The zero-order valence-corrected chi connectivity index (χ0v) is 10.3. The molecule has 2 aromatic rings. The molecule has 0 saturated carbocycles. The molecule has 0 unspecified atom stereocenters. The SMILES string of the molecule is Cc1cc2ccccn2c1CCC(C)(C)N. The van der Waals surface area contributed by atoms with Crippen molar-refractivity contribution in [1.29, 1.82) is 0 Å². The summed E-state index contributed by atoms with van der Waals surface area (Å²) in [7, 11) is 0. The number of nitrogens with two attached hydrogens (primary N) is 1. The lowest BCUT2D eigenvalue weighted by Gasteiger charge is -2.18. The predicted octanol–water partition coefficient (Wildman–Crippen LogP) is 2.92. The molecule has 86 valence electrons. The average molecular weight is 216 g/mol. The first-order valence-electron chi connectivity index (χ1n) is 5.82. The van der Waals surface area contributed by atoms with Crippen LogP contribution in [-0.4, -0.2) is 9.94 Å². The Hall–Kier alpha value is -1.28. The lowest BCUT2D eigenvalue weighted by molar-refractivity contribution is 0.473. The Kier molecular flexibility index (Phi) is 2.76. The van der Waals surface area contributed by atoms with Crippen LogP contribution in [-0.2, 0) is 6.42 Å². The molecule has 0 bridgehead atoms. The maximum Gasteiger partial charge on any atom is 0.0455 e. The first-order valence-corrected chi connectivity index (χ1v) is 5.82. The molecule has 0 aliphatic rings. The van der Waals surface area contributed by atoms with E-state index in [2.05, 4.69) is 55.6 Å². The van der Waals surface area contributed by atoms with Gasteiger partial charge in [0.15, 0.2) is 0 Å². The van der Waals surface area contributed by atoms with Crippen LogP contribution in [0, 0.1) is 6.92 Å². The smallest absolute Gasteiger partial charge is 0.0455 e. The molecule has 0 saturated heterocycles. The molecule has 0 amide bonds. The summed E-state index contributed by atoms with van der Waals surface area (Å²) in [5.41, 5.74) is 9.95. The summed E-state index contributed by atoms with van der Waals surface area (Å²) in [6.07, 6.45) is 4.17. The van der Waals surface area contributed by atoms with Gasteiger partial charge in [-0.3, -0.25) is 0 Å². The van der Waals surface area contributed by atoms with Gasteiger partial charge in [-0.25, -0.2) is 0 Å². The number of nitrogens with zero attached hydrogens (tertiary/aromatic N) is 1. The van der Waals surface area contributed by atoms with Crippen LogP contribution in [0.2, 0.25) is 0 Å². The van der Waals surface area contributed by atoms with Crippen LogP contribution < -0.4 is 5.73 Å². The molecule has 0 aliphatic heterocycles. The van der Waals surface area contributed by atoms with Crippen molar-refractivity contribution < 1.29 is 0 Å². The number of fused-ring (bicyclic) bond motifs is 1. The number of hydrogen-bond donors (Lipinski definition) is 1. The largest absolute Gasteiger partial charge is 0.326 e. The van der Waals surface area contributed by atoms with E-state index in [1.54, 1.807) is 0 Å². The maximum absolute atomic E-state index is 6.04. The highest BCUT2D eigenvalue weighted by Gasteiger charge is 2.13. The molecule has 0 radical (unpaired) electrons. The van der Waals surface area contributed by atoms with Crippen molar-refractivity contribution in [2.45, 2.75) is 39.2 Å². The molecule has 0 fully saturated rings. The second-order valence-corrected chi connectivity index (χ2v) is 5.26. The normalized spacial score (nSPS) is 12.2. The number of pyridine rings is 1. The van der Waals surface area contributed by atoms with Gasteiger partial charge >= 0.3 is 0 Å². The number of rotatable bonds is 3. The zero-order valence-electron chi connectivity index (χ0n) is 10.3. The fraction of sp³-hybridized carbons (Fsp3) is 0.429. The Balaban J connectivity index is 2.33. The molecule has 2 aromatic heterocycles. The minimum absolute atomic E-state index is 0.0919. The quantitative estimate of drug-likeness (QED) is 0.840. The summed E-state index contributed by atoms with van der Waals surface area (Å²) in [4.78, 5) is 0. The summed E-state index contributed by atoms with van der Waals surface area (Å²) in [6, 6.07) is 8.53. The summed E-state index contributed by atoms with van der Waals surface area (Å²) in [5, 5.41) is 0. The third-order valence-corrected chi connectivity index (χ3v) is 3.01. The lowest BCUT2D eigenvalue weighted by atomic mass is 9.98. The Labute approximate surface area is 97.1 Å². The van der Waals surface area contributed by atoms with Crippen molar-refractivity contribution in [2.75, 3.05) is 0 Å². The molecular weight excluding hydrogens is 196 g/mol. The molecule has 2 nitrogen and oxygen atoms in total. The molecule has 0 atom stereocenters.